The van der Waals surface area contributed by atoms with E-state index in [1.807, 2.05) is 0 Å². The number of rotatable bonds is 3. The molecule has 0 aromatic heterocycles. The number of nitrogens with zero attached hydrogens (tertiary/aromatic N) is 1. The molecule has 0 bridgehead atoms. The quantitative estimate of drug-likeness (QED) is 0.510. The van der Waals surface area contributed by atoms with Crippen molar-refractivity contribution >= 4 is 34.4 Å². The highest BCUT2D eigenvalue weighted by atomic mass is 35.5. The summed E-state index contributed by atoms with van der Waals surface area (Å²) >= 11 is 5.90. The average Bonchev–Trinajstić information content (AvgIpc) is 2.33. The molecule has 0 saturated carbocycles. The van der Waals surface area contributed by atoms with Gasteiger partial charge in [0.1, 0.15) is 11.5 Å². The van der Waals surface area contributed by atoms with E-state index in [9.17, 15) is 14.5 Å². The maximum Gasteiger partial charge on any atom is 0.292 e. The molecule has 0 fully saturated rings. The van der Waals surface area contributed by atoms with Crippen molar-refractivity contribution in [3.8, 4) is 0 Å². The normalized spacial score (nSPS) is 10.2. The van der Waals surface area contributed by atoms with Gasteiger partial charge in [-0.15, -0.1) is 0 Å². The molecule has 0 saturated heterocycles. The Kier molecular flexibility index (Phi) is 3.52. The summed E-state index contributed by atoms with van der Waals surface area (Å²) in [5, 5.41) is 13.8. The number of benzene rings is 2. The van der Waals surface area contributed by atoms with E-state index in [-0.39, 0.29) is 11.4 Å². The standard InChI is InChI=1S/C12H9ClFN3O2/c13-9-3-1-7(14)5-11(9)16-8-2-4-12(17(18)19)10(15)6-8/h1-6,16H,15H2. The Bertz CT molecular complexity index is 649. The van der Waals surface area contributed by atoms with Gasteiger partial charge in [-0.25, -0.2) is 4.39 Å². The third-order valence-electron chi connectivity index (χ3n) is 2.43. The van der Waals surface area contributed by atoms with Crippen LogP contribution in [0.5, 0.6) is 0 Å². The third kappa shape index (κ3) is 2.92. The van der Waals surface area contributed by atoms with Crippen LogP contribution in [-0.2, 0) is 0 Å². The summed E-state index contributed by atoms with van der Waals surface area (Å²) in [5.41, 5.74) is 6.23. The van der Waals surface area contributed by atoms with E-state index < -0.39 is 10.7 Å². The van der Waals surface area contributed by atoms with E-state index in [4.69, 9.17) is 17.3 Å². The fourth-order valence-electron chi connectivity index (χ4n) is 1.55. The molecule has 0 radical (unpaired) electrons. The van der Waals surface area contributed by atoms with Gasteiger partial charge < -0.3 is 11.1 Å². The highest BCUT2D eigenvalue weighted by Crippen LogP contribution is 2.30. The summed E-state index contributed by atoms with van der Waals surface area (Å²) in [4.78, 5) is 10.0. The molecule has 0 spiro atoms. The van der Waals surface area contributed by atoms with E-state index in [0.717, 1.165) is 0 Å². The van der Waals surface area contributed by atoms with Gasteiger partial charge in [-0.2, -0.15) is 0 Å². The van der Waals surface area contributed by atoms with Crippen molar-refractivity contribution in [1.29, 1.82) is 0 Å². The number of nitrogens with two attached hydrogens (primary N) is 1. The average molecular weight is 282 g/mol. The fourth-order valence-corrected chi connectivity index (χ4v) is 1.71. The molecule has 0 amide bonds. The molecule has 0 unspecified atom stereocenters. The van der Waals surface area contributed by atoms with Crippen LogP contribution in [0.1, 0.15) is 0 Å². The first-order chi connectivity index (χ1) is 8.97. The van der Waals surface area contributed by atoms with E-state index in [0.29, 0.717) is 16.4 Å². The van der Waals surface area contributed by atoms with Crippen molar-refractivity contribution in [2.24, 2.45) is 0 Å². The van der Waals surface area contributed by atoms with E-state index in [1.165, 1.54) is 36.4 Å². The zero-order valence-electron chi connectivity index (χ0n) is 9.56. The summed E-state index contributed by atoms with van der Waals surface area (Å²) in [6, 6.07) is 7.99. The summed E-state index contributed by atoms with van der Waals surface area (Å²) in [7, 11) is 0. The molecule has 19 heavy (non-hydrogen) atoms. The monoisotopic (exact) mass is 281 g/mol. The fraction of sp³-hybridized carbons (Fsp3) is 0. The first-order valence-electron chi connectivity index (χ1n) is 5.23. The van der Waals surface area contributed by atoms with E-state index >= 15 is 0 Å². The van der Waals surface area contributed by atoms with Gasteiger partial charge in [-0.05, 0) is 30.3 Å². The Morgan fingerprint density at radius 1 is 1.26 bits per heavy atom. The molecule has 0 atom stereocenters. The first-order valence-corrected chi connectivity index (χ1v) is 5.61. The molecule has 2 rings (SSSR count). The Morgan fingerprint density at radius 2 is 2.00 bits per heavy atom. The zero-order chi connectivity index (χ0) is 14.0. The Balaban J connectivity index is 2.31. The number of nitrogen functional groups attached to an aromatic ring is 1. The lowest BCUT2D eigenvalue weighted by atomic mass is 10.2. The Morgan fingerprint density at radius 3 is 2.63 bits per heavy atom. The van der Waals surface area contributed by atoms with Crippen molar-refractivity contribution in [2.75, 3.05) is 11.1 Å². The Hall–Kier alpha value is -2.34. The first kappa shape index (κ1) is 13.1. The molecule has 3 N–H and O–H groups in total. The Labute approximate surface area is 113 Å². The lowest BCUT2D eigenvalue weighted by Gasteiger charge is -2.09. The lowest BCUT2D eigenvalue weighted by molar-refractivity contribution is -0.383. The van der Waals surface area contributed by atoms with Crippen LogP contribution in [0, 0.1) is 15.9 Å². The number of halogens is 2. The van der Waals surface area contributed by atoms with Gasteiger partial charge in [0, 0.05) is 11.8 Å². The largest absolute Gasteiger partial charge is 0.393 e. The zero-order valence-corrected chi connectivity index (χ0v) is 10.3. The summed E-state index contributed by atoms with van der Waals surface area (Å²) in [6.07, 6.45) is 0. The lowest BCUT2D eigenvalue weighted by Crippen LogP contribution is -1.98. The van der Waals surface area contributed by atoms with Crippen LogP contribution in [0.25, 0.3) is 0 Å². The summed E-state index contributed by atoms with van der Waals surface area (Å²) in [5.74, 6) is -0.443. The number of anilines is 3. The van der Waals surface area contributed by atoms with Crippen molar-refractivity contribution < 1.29 is 9.31 Å². The maximum atomic E-state index is 13.1. The minimum atomic E-state index is -0.575. The molecule has 2 aromatic rings. The van der Waals surface area contributed by atoms with Gasteiger partial charge >= 0.3 is 0 Å². The minimum absolute atomic E-state index is 0.0162. The SMILES string of the molecule is Nc1cc(Nc2cc(F)ccc2Cl)ccc1[N+](=O)[O-]. The van der Waals surface area contributed by atoms with Crippen LogP contribution < -0.4 is 11.1 Å². The minimum Gasteiger partial charge on any atom is -0.393 e. The molecule has 7 heteroatoms. The van der Waals surface area contributed by atoms with Gasteiger partial charge in [-0.3, -0.25) is 10.1 Å². The highest BCUT2D eigenvalue weighted by molar-refractivity contribution is 6.33. The van der Waals surface area contributed by atoms with Gasteiger partial charge in [0.2, 0.25) is 0 Å². The molecular weight excluding hydrogens is 273 g/mol. The van der Waals surface area contributed by atoms with Crippen molar-refractivity contribution in [2.45, 2.75) is 0 Å². The van der Waals surface area contributed by atoms with Crippen molar-refractivity contribution in [3.63, 3.8) is 0 Å². The number of hydrogen-bond acceptors (Lipinski definition) is 4. The predicted molar refractivity (Wildman–Crippen MR) is 72.2 cm³/mol. The number of nitro groups is 1. The molecule has 5 nitrogen and oxygen atoms in total. The molecular formula is C12H9ClFN3O2. The van der Waals surface area contributed by atoms with Crippen LogP contribution in [0.15, 0.2) is 36.4 Å². The molecule has 0 heterocycles. The van der Waals surface area contributed by atoms with Gasteiger partial charge in [-0.1, -0.05) is 11.6 Å². The van der Waals surface area contributed by atoms with Gasteiger partial charge in [0.05, 0.1) is 15.6 Å². The topological polar surface area (TPSA) is 81.2 Å². The highest BCUT2D eigenvalue weighted by Gasteiger charge is 2.11. The van der Waals surface area contributed by atoms with Crippen molar-refractivity contribution in [3.05, 3.63) is 57.4 Å². The van der Waals surface area contributed by atoms with Crippen molar-refractivity contribution in [1.82, 2.24) is 0 Å². The second-order valence-electron chi connectivity index (χ2n) is 3.78. The molecule has 2 aromatic carbocycles. The van der Waals surface area contributed by atoms with E-state index in [2.05, 4.69) is 5.32 Å². The number of nitro benzene ring substituents is 1. The molecule has 0 aliphatic rings. The second kappa shape index (κ2) is 5.11. The van der Waals surface area contributed by atoms with Crippen LogP contribution in [0.3, 0.4) is 0 Å². The molecule has 98 valence electrons. The molecule has 0 aliphatic heterocycles. The molecule has 0 aliphatic carbocycles. The van der Waals surface area contributed by atoms with Crippen LogP contribution in [0.2, 0.25) is 5.02 Å². The van der Waals surface area contributed by atoms with Crippen LogP contribution in [0.4, 0.5) is 27.1 Å². The summed E-state index contributed by atoms with van der Waals surface area (Å²) in [6.45, 7) is 0. The van der Waals surface area contributed by atoms with Gasteiger partial charge in [0.25, 0.3) is 5.69 Å². The van der Waals surface area contributed by atoms with Crippen LogP contribution in [-0.4, -0.2) is 4.92 Å². The summed E-state index contributed by atoms with van der Waals surface area (Å²) < 4.78 is 13.1. The third-order valence-corrected chi connectivity index (χ3v) is 2.76. The smallest absolute Gasteiger partial charge is 0.292 e. The second-order valence-corrected chi connectivity index (χ2v) is 4.19. The predicted octanol–water partition coefficient (Wildman–Crippen LogP) is 3.71. The maximum absolute atomic E-state index is 13.1. The number of hydrogen-bond donors (Lipinski definition) is 2. The number of nitrogens with one attached hydrogen (secondary N) is 1. The van der Waals surface area contributed by atoms with Gasteiger partial charge in [0.15, 0.2) is 0 Å². The van der Waals surface area contributed by atoms with E-state index in [1.54, 1.807) is 0 Å². The van der Waals surface area contributed by atoms with Crippen LogP contribution >= 0.6 is 11.6 Å².